The van der Waals surface area contributed by atoms with Gasteiger partial charge in [-0.2, -0.15) is 5.10 Å². The normalized spacial score (nSPS) is 18.1. The van der Waals surface area contributed by atoms with E-state index in [9.17, 15) is 4.79 Å². The third kappa shape index (κ3) is 5.47. The molecule has 8 nitrogen and oxygen atoms in total. The zero-order chi connectivity index (χ0) is 24.6. The Balaban J connectivity index is 1.20. The third-order valence-corrected chi connectivity index (χ3v) is 7.20. The van der Waals surface area contributed by atoms with Gasteiger partial charge in [0, 0.05) is 37.6 Å². The lowest BCUT2D eigenvalue weighted by Gasteiger charge is -2.27. The van der Waals surface area contributed by atoms with Gasteiger partial charge in [0.05, 0.1) is 23.6 Å². The molecule has 0 spiro atoms. The minimum Gasteiger partial charge on any atom is -0.334 e. The lowest BCUT2D eigenvalue weighted by atomic mass is 9.80. The van der Waals surface area contributed by atoms with E-state index >= 15 is 0 Å². The number of aromatic nitrogens is 4. The quantitative estimate of drug-likeness (QED) is 0.507. The Morgan fingerprint density at radius 1 is 1.17 bits per heavy atom. The average Bonchev–Trinajstić information content (AvgIpc) is 3.35. The molecule has 1 unspecified atom stereocenters. The molecule has 2 fully saturated rings. The second-order valence-electron chi connectivity index (χ2n) is 10.9. The zero-order valence-electron chi connectivity index (χ0n) is 21.1. The topological polar surface area (TPSA) is 88.0 Å². The van der Waals surface area contributed by atoms with Gasteiger partial charge in [-0.1, -0.05) is 32.9 Å². The van der Waals surface area contributed by atoms with Crippen molar-refractivity contribution in [1.82, 2.24) is 30.0 Å². The fraction of sp³-hybridized carbons (Fsp3) is 0.481. The fourth-order valence-corrected chi connectivity index (χ4v) is 4.64. The third-order valence-electron chi connectivity index (χ3n) is 7.20. The molecule has 1 aliphatic heterocycles. The van der Waals surface area contributed by atoms with Crippen LogP contribution in [0.3, 0.4) is 0 Å². The van der Waals surface area contributed by atoms with Gasteiger partial charge in [-0.25, -0.2) is 14.8 Å². The van der Waals surface area contributed by atoms with Crippen LogP contribution in [-0.4, -0.2) is 43.8 Å². The fourth-order valence-electron chi connectivity index (χ4n) is 4.64. The Morgan fingerprint density at radius 3 is 2.71 bits per heavy atom. The van der Waals surface area contributed by atoms with E-state index in [-0.39, 0.29) is 11.4 Å². The van der Waals surface area contributed by atoms with Crippen molar-refractivity contribution >= 4 is 17.7 Å². The molecule has 0 bridgehead atoms. The molecule has 1 aliphatic carbocycles. The molecule has 1 saturated heterocycles. The van der Waals surface area contributed by atoms with Crippen molar-refractivity contribution in [2.75, 3.05) is 18.4 Å². The van der Waals surface area contributed by atoms with Crippen LogP contribution in [0.1, 0.15) is 57.2 Å². The molecule has 1 aromatic carbocycles. The van der Waals surface area contributed by atoms with Crippen molar-refractivity contribution in [3.63, 3.8) is 0 Å². The first-order valence-corrected chi connectivity index (χ1v) is 12.5. The van der Waals surface area contributed by atoms with Crippen LogP contribution >= 0.6 is 0 Å². The van der Waals surface area contributed by atoms with Crippen molar-refractivity contribution in [2.45, 2.75) is 59.5 Å². The van der Waals surface area contributed by atoms with Crippen molar-refractivity contribution in [3.05, 3.63) is 54.0 Å². The Morgan fingerprint density at radius 2 is 2.00 bits per heavy atom. The molecule has 3 aromatic rings. The van der Waals surface area contributed by atoms with Gasteiger partial charge in [-0.3, -0.25) is 4.68 Å². The van der Waals surface area contributed by atoms with Gasteiger partial charge in [0.15, 0.2) is 0 Å². The van der Waals surface area contributed by atoms with Crippen LogP contribution in [-0.2, 0) is 6.54 Å². The number of aryl methyl sites for hydroxylation is 1. The number of carbonyl (C=O) groups excluding carboxylic acids is 1. The number of hydrogen-bond acceptors (Lipinski definition) is 5. The number of nitrogens with one attached hydrogen (secondary N) is 2. The maximum absolute atomic E-state index is 12.7. The summed E-state index contributed by atoms with van der Waals surface area (Å²) in [6.45, 7) is 11.0. The standard InChI is InChI=1S/C27H35N7O/c1-18-13-19(5-6-20(18)14-29-26(35)33-12-10-21(16-33)27(2,3)4)24-9-11-28-25(32-24)31-22-15-30-34(17-22)23-7-8-23/h5-6,9,11,13,15,17,21,23H,7-8,10,12,14,16H2,1-4H3,(H,29,35)(H,28,31,32). The smallest absolute Gasteiger partial charge is 0.317 e. The van der Waals surface area contributed by atoms with E-state index in [0.717, 1.165) is 47.6 Å². The van der Waals surface area contributed by atoms with Crippen molar-refractivity contribution in [1.29, 1.82) is 0 Å². The number of benzene rings is 1. The maximum atomic E-state index is 12.7. The van der Waals surface area contributed by atoms with E-state index in [1.807, 2.05) is 28.0 Å². The Kier molecular flexibility index (Phi) is 6.21. The Labute approximate surface area is 207 Å². The molecule has 5 rings (SSSR count). The summed E-state index contributed by atoms with van der Waals surface area (Å²) >= 11 is 0. The number of likely N-dealkylation sites (tertiary alicyclic amines) is 1. The van der Waals surface area contributed by atoms with E-state index in [1.165, 1.54) is 12.8 Å². The van der Waals surface area contributed by atoms with Crippen molar-refractivity contribution < 1.29 is 4.79 Å². The van der Waals surface area contributed by atoms with Crippen LogP contribution in [0, 0.1) is 18.3 Å². The van der Waals surface area contributed by atoms with Gasteiger partial charge in [0.1, 0.15) is 0 Å². The van der Waals surface area contributed by atoms with Crippen LogP contribution in [0.4, 0.5) is 16.4 Å². The predicted molar refractivity (Wildman–Crippen MR) is 137 cm³/mol. The lowest BCUT2D eigenvalue weighted by Crippen LogP contribution is -2.39. The second-order valence-corrected chi connectivity index (χ2v) is 10.9. The number of urea groups is 1. The largest absolute Gasteiger partial charge is 0.334 e. The summed E-state index contributed by atoms with van der Waals surface area (Å²) in [4.78, 5) is 23.7. The van der Waals surface area contributed by atoms with Crippen LogP contribution < -0.4 is 10.6 Å². The summed E-state index contributed by atoms with van der Waals surface area (Å²) in [5, 5.41) is 10.8. The highest BCUT2D eigenvalue weighted by atomic mass is 16.2. The Bertz CT molecular complexity index is 1210. The number of carbonyl (C=O) groups is 1. The average molecular weight is 474 g/mol. The molecule has 1 saturated carbocycles. The summed E-state index contributed by atoms with van der Waals surface area (Å²) in [5.41, 5.74) is 5.22. The lowest BCUT2D eigenvalue weighted by molar-refractivity contribution is 0.196. The van der Waals surface area contributed by atoms with E-state index in [1.54, 1.807) is 6.20 Å². The maximum Gasteiger partial charge on any atom is 0.317 e. The molecule has 2 amide bonds. The van der Waals surface area contributed by atoms with E-state index in [0.29, 0.717) is 24.5 Å². The molecule has 8 heteroatoms. The number of amides is 2. The number of hydrogen-bond donors (Lipinski definition) is 2. The highest BCUT2D eigenvalue weighted by Crippen LogP contribution is 2.35. The van der Waals surface area contributed by atoms with Gasteiger partial charge in [-0.15, -0.1) is 0 Å². The highest BCUT2D eigenvalue weighted by Gasteiger charge is 2.33. The molecule has 35 heavy (non-hydrogen) atoms. The molecule has 184 valence electrons. The van der Waals surface area contributed by atoms with E-state index in [2.05, 4.69) is 66.6 Å². The van der Waals surface area contributed by atoms with Crippen LogP contribution in [0.25, 0.3) is 11.3 Å². The number of anilines is 2. The first kappa shape index (κ1) is 23.3. The Hall–Kier alpha value is -3.42. The number of nitrogens with zero attached hydrogens (tertiary/aromatic N) is 5. The van der Waals surface area contributed by atoms with Gasteiger partial charge >= 0.3 is 6.03 Å². The van der Waals surface area contributed by atoms with Crippen molar-refractivity contribution in [3.8, 4) is 11.3 Å². The molecule has 2 N–H and O–H groups in total. The van der Waals surface area contributed by atoms with E-state index < -0.39 is 0 Å². The predicted octanol–water partition coefficient (Wildman–Crippen LogP) is 5.30. The molecular formula is C27H35N7O. The SMILES string of the molecule is Cc1cc(-c2ccnc(Nc3cnn(C4CC4)c3)n2)ccc1CNC(=O)N1CCC(C(C)(C)C)C1. The summed E-state index contributed by atoms with van der Waals surface area (Å²) in [6, 6.07) is 8.72. The second kappa shape index (κ2) is 9.32. The molecule has 1 atom stereocenters. The minimum atomic E-state index is 0.0248. The zero-order valence-corrected chi connectivity index (χ0v) is 21.1. The van der Waals surface area contributed by atoms with Crippen LogP contribution in [0.15, 0.2) is 42.9 Å². The van der Waals surface area contributed by atoms with E-state index in [4.69, 9.17) is 4.98 Å². The monoisotopic (exact) mass is 473 g/mol. The van der Waals surface area contributed by atoms with Gasteiger partial charge in [0.2, 0.25) is 5.95 Å². The number of rotatable bonds is 6. The van der Waals surface area contributed by atoms with Gasteiger partial charge in [0.25, 0.3) is 0 Å². The van der Waals surface area contributed by atoms with Gasteiger partial charge < -0.3 is 15.5 Å². The first-order chi connectivity index (χ1) is 16.8. The molecule has 2 aliphatic rings. The first-order valence-electron chi connectivity index (χ1n) is 12.5. The highest BCUT2D eigenvalue weighted by molar-refractivity contribution is 5.74. The molecule has 2 aromatic heterocycles. The summed E-state index contributed by atoms with van der Waals surface area (Å²) in [6.07, 6.45) is 9.05. The van der Waals surface area contributed by atoms with Crippen molar-refractivity contribution in [2.24, 2.45) is 11.3 Å². The summed E-state index contributed by atoms with van der Waals surface area (Å²) in [7, 11) is 0. The van der Waals surface area contributed by atoms with Gasteiger partial charge in [-0.05, 0) is 60.8 Å². The van der Waals surface area contributed by atoms with Crippen LogP contribution in [0.2, 0.25) is 0 Å². The summed E-state index contributed by atoms with van der Waals surface area (Å²) in [5.74, 6) is 1.10. The van der Waals surface area contributed by atoms with Crippen LogP contribution in [0.5, 0.6) is 0 Å². The molecule has 0 radical (unpaired) electrons. The molecule has 3 heterocycles. The minimum absolute atomic E-state index is 0.0248. The molecular weight excluding hydrogens is 438 g/mol. The summed E-state index contributed by atoms with van der Waals surface area (Å²) < 4.78 is 2.00.